The molecule has 126 valence electrons. The number of anilines is 1. The molecule has 1 aliphatic rings. The van der Waals surface area contributed by atoms with Gasteiger partial charge in [0.05, 0.1) is 11.6 Å². The number of hydrogen-bond donors (Lipinski definition) is 2. The maximum atomic E-state index is 12.9. The third-order valence-corrected chi connectivity index (χ3v) is 4.94. The number of nitrogens with zero attached hydrogens (tertiary/aromatic N) is 3. The number of amides is 1. The fraction of sp³-hybridized carbons (Fsp3) is 0.176. The number of nitrogens with one attached hydrogen (secondary N) is 1. The molecular weight excluding hydrogens is 388 g/mol. The van der Waals surface area contributed by atoms with Crippen molar-refractivity contribution in [1.29, 1.82) is 0 Å². The molecule has 1 aromatic carbocycles. The van der Waals surface area contributed by atoms with Crippen molar-refractivity contribution in [3.63, 3.8) is 0 Å². The first-order valence-electron chi connectivity index (χ1n) is 7.68. The molecule has 3 aromatic rings. The lowest BCUT2D eigenvalue weighted by atomic mass is 9.98. The Bertz CT molecular complexity index is 983. The minimum Gasteiger partial charge on any atom is -0.476 e. The number of carbonyl (C=O) groups excluding carboxylic acids is 1. The highest BCUT2D eigenvalue weighted by Gasteiger charge is 2.35. The van der Waals surface area contributed by atoms with Crippen LogP contribution in [0.3, 0.4) is 0 Å². The van der Waals surface area contributed by atoms with E-state index in [1.165, 1.54) is 6.33 Å². The number of carbonyl (C=O) groups is 2. The van der Waals surface area contributed by atoms with E-state index in [2.05, 4.69) is 30.9 Å². The third kappa shape index (κ3) is 2.58. The molecule has 2 aromatic heterocycles. The predicted octanol–water partition coefficient (Wildman–Crippen LogP) is 2.94. The number of halogens is 1. The molecule has 0 saturated carbocycles. The minimum atomic E-state index is -1.14. The minimum absolute atomic E-state index is 0.0151. The molecule has 3 heterocycles. The molecule has 4 rings (SSSR count). The van der Waals surface area contributed by atoms with Crippen LogP contribution in [0.5, 0.6) is 0 Å². The maximum absolute atomic E-state index is 12.9. The summed E-state index contributed by atoms with van der Waals surface area (Å²) in [6.07, 6.45) is 3.52. The number of benzene rings is 1. The molecule has 1 fully saturated rings. The normalized spacial score (nSPS) is 17.4. The number of aromatic amines is 1. The average molecular weight is 401 g/mol. The Morgan fingerprint density at radius 2 is 2.04 bits per heavy atom. The van der Waals surface area contributed by atoms with Crippen LogP contribution in [0, 0.1) is 0 Å². The fourth-order valence-electron chi connectivity index (χ4n) is 3.22. The lowest BCUT2D eigenvalue weighted by Crippen LogP contribution is -2.26. The second kappa shape index (κ2) is 5.96. The van der Waals surface area contributed by atoms with Crippen LogP contribution in [-0.2, 0) is 4.79 Å². The van der Waals surface area contributed by atoms with E-state index in [4.69, 9.17) is 0 Å². The zero-order valence-corrected chi connectivity index (χ0v) is 14.5. The van der Waals surface area contributed by atoms with Gasteiger partial charge in [-0.05, 0) is 24.1 Å². The standard InChI is InChI=1S/C17H13BrN4O3/c18-10-3-1-9(2-4-10)11-5-6-22(16(11)23)12-7-19-14-13(12)20-8-21-15(14)17(24)25/h1-4,7-8,11,19H,5-6H2,(H,24,25). The van der Waals surface area contributed by atoms with E-state index < -0.39 is 5.97 Å². The molecule has 1 atom stereocenters. The Morgan fingerprint density at radius 1 is 1.28 bits per heavy atom. The third-order valence-electron chi connectivity index (χ3n) is 4.41. The second-order valence-electron chi connectivity index (χ2n) is 5.81. The van der Waals surface area contributed by atoms with Crippen LogP contribution in [0.2, 0.25) is 0 Å². The lowest BCUT2D eigenvalue weighted by molar-refractivity contribution is -0.118. The number of aromatic nitrogens is 3. The molecule has 1 amide bonds. The summed E-state index contributed by atoms with van der Waals surface area (Å²) in [6.45, 7) is 0.554. The van der Waals surface area contributed by atoms with Crippen molar-refractivity contribution in [3.8, 4) is 0 Å². The molecule has 1 saturated heterocycles. The summed E-state index contributed by atoms with van der Waals surface area (Å²) in [5.41, 5.74) is 2.22. The maximum Gasteiger partial charge on any atom is 0.356 e. The zero-order chi connectivity index (χ0) is 17.6. The van der Waals surface area contributed by atoms with Crippen molar-refractivity contribution in [1.82, 2.24) is 15.0 Å². The van der Waals surface area contributed by atoms with Crippen LogP contribution in [0.25, 0.3) is 11.0 Å². The van der Waals surface area contributed by atoms with Crippen molar-refractivity contribution in [2.45, 2.75) is 12.3 Å². The van der Waals surface area contributed by atoms with Crippen LogP contribution in [0.15, 0.2) is 41.3 Å². The van der Waals surface area contributed by atoms with Gasteiger partial charge in [-0.15, -0.1) is 0 Å². The first-order chi connectivity index (χ1) is 12.1. The van der Waals surface area contributed by atoms with Gasteiger partial charge in [-0.1, -0.05) is 28.1 Å². The van der Waals surface area contributed by atoms with Crippen molar-refractivity contribution < 1.29 is 14.7 Å². The van der Waals surface area contributed by atoms with Gasteiger partial charge in [0.25, 0.3) is 0 Å². The highest BCUT2D eigenvalue weighted by atomic mass is 79.9. The largest absolute Gasteiger partial charge is 0.476 e. The van der Waals surface area contributed by atoms with Crippen LogP contribution in [0.4, 0.5) is 5.69 Å². The molecule has 0 radical (unpaired) electrons. The highest BCUT2D eigenvalue weighted by molar-refractivity contribution is 9.10. The lowest BCUT2D eigenvalue weighted by Gasteiger charge is -2.15. The Balaban J connectivity index is 1.70. The summed E-state index contributed by atoms with van der Waals surface area (Å²) >= 11 is 3.40. The van der Waals surface area contributed by atoms with Crippen molar-refractivity contribution in [3.05, 3.63) is 52.5 Å². The molecule has 0 spiro atoms. The van der Waals surface area contributed by atoms with Crippen LogP contribution in [0.1, 0.15) is 28.4 Å². The van der Waals surface area contributed by atoms with Gasteiger partial charge in [-0.2, -0.15) is 0 Å². The summed E-state index contributed by atoms with van der Waals surface area (Å²) in [4.78, 5) is 36.7. The first kappa shape index (κ1) is 15.8. The molecular formula is C17H13BrN4O3. The number of rotatable bonds is 3. The molecule has 0 bridgehead atoms. The molecule has 1 unspecified atom stereocenters. The Hall–Kier alpha value is -2.74. The number of hydrogen-bond acceptors (Lipinski definition) is 4. The van der Waals surface area contributed by atoms with Gasteiger partial charge in [0.15, 0.2) is 5.69 Å². The quantitative estimate of drug-likeness (QED) is 0.703. The molecule has 7 nitrogen and oxygen atoms in total. The molecule has 0 aliphatic carbocycles. The van der Waals surface area contributed by atoms with E-state index in [-0.39, 0.29) is 17.5 Å². The molecule has 25 heavy (non-hydrogen) atoms. The first-order valence-corrected chi connectivity index (χ1v) is 8.48. The Morgan fingerprint density at radius 3 is 2.76 bits per heavy atom. The number of carboxylic acids is 1. The molecule has 8 heteroatoms. The van der Waals surface area contributed by atoms with E-state index in [1.807, 2.05) is 24.3 Å². The molecule has 1 aliphatic heterocycles. The second-order valence-corrected chi connectivity index (χ2v) is 6.72. The van der Waals surface area contributed by atoms with Gasteiger partial charge in [0.2, 0.25) is 5.91 Å². The van der Waals surface area contributed by atoms with Gasteiger partial charge >= 0.3 is 5.97 Å². The number of carboxylic acid groups (broad SMARTS) is 1. The summed E-state index contributed by atoms with van der Waals surface area (Å²) in [7, 11) is 0. The average Bonchev–Trinajstić information content (AvgIpc) is 3.18. The van der Waals surface area contributed by atoms with Gasteiger partial charge in [0, 0.05) is 17.2 Å². The summed E-state index contributed by atoms with van der Waals surface area (Å²) in [5, 5.41) is 9.23. The van der Waals surface area contributed by atoms with E-state index in [0.29, 0.717) is 29.7 Å². The number of aromatic carboxylic acids is 1. The Kier molecular flexibility index (Phi) is 3.76. The van der Waals surface area contributed by atoms with Crippen LogP contribution >= 0.6 is 15.9 Å². The number of fused-ring (bicyclic) bond motifs is 1. The smallest absolute Gasteiger partial charge is 0.356 e. The topological polar surface area (TPSA) is 99.2 Å². The zero-order valence-electron chi connectivity index (χ0n) is 12.9. The van der Waals surface area contributed by atoms with E-state index in [1.54, 1.807) is 11.1 Å². The monoisotopic (exact) mass is 400 g/mol. The van der Waals surface area contributed by atoms with Crippen molar-refractivity contribution >= 4 is 44.5 Å². The van der Waals surface area contributed by atoms with E-state index >= 15 is 0 Å². The highest BCUT2D eigenvalue weighted by Crippen LogP contribution is 2.35. The van der Waals surface area contributed by atoms with Crippen molar-refractivity contribution in [2.75, 3.05) is 11.4 Å². The van der Waals surface area contributed by atoms with Gasteiger partial charge in [0.1, 0.15) is 17.4 Å². The van der Waals surface area contributed by atoms with E-state index in [9.17, 15) is 14.7 Å². The summed E-state index contributed by atoms with van der Waals surface area (Å²) in [5.74, 6) is -1.36. The SMILES string of the molecule is O=C(O)c1ncnc2c(N3CCC(c4ccc(Br)cc4)C3=O)c[nH]c12. The predicted molar refractivity (Wildman–Crippen MR) is 94.7 cm³/mol. The van der Waals surface area contributed by atoms with Crippen LogP contribution < -0.4 is 4.90 Å². The van der Waals surface area contributed by atoms with Crippen molar-refractivity contribution in [2.24, 2.45) is 0 Å². The van der Waals surface area contributed by atoms with Gasteiger partial charge in [-0.25, -0.2) is 14.8 Å². The fourth-order valence-corrected chi connectivity index (χ4v) is 3.48. The molecule has 2 N–H and O–H groups in total. The summed E-state index contributed by atoms with van der Waals surface area (Å²) in [6, 6.07) is 7.72. The summed E-state index contributed by atoms with van der Waals surface area (Å²) < 4.78 is 0.966. The van der Waals surface area contributed by atoms with E-state index in [0.717, 1.165) is 10.0 Å². The number of H-pyrrole nitrogens is 1. The Labute approximate surface area is 150 Å². The van der Waals surface area contributed by atoms with Crippen LogP contribution in [-0.4, -0.2) is 38.5 Å². The van der Waals surface area contributed by atoms with Gasteiger partial charge in [-0.3, -0.25) is 4.79 Å². The van der Waals surface area contributed by atoms with Gasteiger partial charge < -0.3 is 15.0 Å².